The zero-order valence-electron chi connectivity index (χ0n) is 15.7. The molecule has 136 valence electrons. The van der Waals surface area contributed by atoms with Crippen molar-refractivity contribution >= 4 is 23.1 Å². The van der Waals surface area contributed by atoms with Crippen LogP contribution in [0.2, 0.25) is 0 Å². The van der Waals surface area contributed by atoms with E-state index in [1.807, 2.05) is 50.2 Å². The fourth-order valence-electron chi connectivity index (χ4n) is 3.21. The van der Waals surface area contributed by atoms with Crippen LogP contribution in [-0.2, 0) is 0 Å². The summed E-state index contributed by atoms with van der Waals surface area (Å²) in [6, 6.07) is 13.3. The second-order valence-corrected chi connectivity index (χ2v) is 6.99. The van der Waals surface area contributed by atoms with Crippen molar-refractivity contribution in [2.24, 2.45) is 0 Å². The zero-order chi connectivity index (χ0) is 18.7. The lowest BCUT2D eigenvalue weighted by atomic mass is 10.1. The lowest BCUT2D eigenvalue weighted by Crippen LogP contribution is -2.27. The van der Waals surface area contributed by atoms with Gasteiger partial charge in [-0.05, 0) is 49.6 Å². The first kappa shape index (κ1) is 18.0. The second-order valence-electron chi connectivity index (χ2n) is 6.99. The Balaban J connectivity index is 1.73. The quantitative estimate of drug-likeness (QED) is 0.652. The highest BCUT2D eigenvalue weighted by Crippen LogP contribution is 2.26. The van der Waals surface area contributed by atoms with Crippen LogP contribution in [0.5, 0.6) is 0 Å². The average molecular weight is 350 g/mol. The van der Waals surface area contributed by atoms with Gasteiger partial charge in [0.15, 0.2) is 0 Å². The van der Waals surface area contributed by atoms with Crippen molar-refractivity contribution in [1.29, 1.82) is 5.41 Å². The molecule has 5 heteroatoms. The maximum Gasteiger partial charge on any atom is 0.255 e. The Hall–Kier alpha value is -2.82. The van der Waals surface area contributed by atoms with Gasteiger partial charge in [0.2, 0.25) is 0 Å². The van der Waals surface area contributed by atoms with Crippen molar-refractivity contribution in [2.45, 2.75) is 19.8 Å². The first-order chi connectivity index (χ1) is 12.5. The summed E-state index contributed by atoms with van der Waals surface area (Å²) in [4.78, 5) is 16.7. The zero-order valence-corrected chi connectivity index (χ0v) is 15.7. The molecule has 1 heterocycles. The molecule has 26 heavy (non-hydrogen) atoms. The Bertz CT molecular complexity index is 805. The topological polar surface area (TPSA) is 59.4 Å². The van der Waals surface area contributed by atoms with E-state index in [2.05, 4.69) is 16.3 Å². The van der Waals surface area contributed by atoms with Gasteiger partial charge >= 0.3 is 0 Å². The van der Waals surface area contributed by atoms with Crippen LogP contribution in [0.25, 0.3) is 0 Å². The number of hydrogen-bond donors (Lipinski definition) is 2. The highest BCUT2D eigenvalue weighted by atomic mass is 16.1. The summed E-state index contributed by atoms with van der Waals surface area (Å²) in [5.74, 6) is 0.402. The standard InChI is InChI=1S/C21H26N4O/c1-15-6-11-18(19(14-15)24(2)3)23-21(26)17-9-7-16(8-10-17)20(22)25-12-4-5-13-25/h6-11,14,22H,4-5,12-13H2,1-3H3,(H,23,26). The highest BCUT2D eigenvalue weighted by molar-refractivity contribution is 6.06. The van der Waals surface area contributed by atoms with Crippen molar-refractivity contribution in [2.75, 3.05) is 37.4 Å². The molecule has 0 bridgehead atoms. The second kappa shape index (κ2) is 7.60. The number of likely N-dealkylation sites (tertiary alicyclic amines) is 1. The first-order valence-electron chi connectivity index (χ1n) is 8.99. The number of anilines is 2. The number of amidine groups is 1. The Morgan fingerprint density at radius 1 is 1.04 bits per heavy atom. The fraction of sp³-hybridized carbons (Fsp3) is 0.333. The van der Waals surface area contributed by atoms with Crippen molar-refractivity contribution in [3.8, 4) is 0 Å². The number of carbonyl (C=O) groups is 1. The van der Waals surface area contributed by atoms with Gasteiger partial charge in [0.25, 0.3) is 5.91 Å². The normalized spacial score (nSPS) is 13.6. The molecule has 5 nitrogen and oxygen atoms in total. The van der Waals surface area contributed by atoms with Crippen molar-refractivity contribution in [3.05, 3.63) is 59.2 Å². The molecule has 0 saturated carbocycles. The summed E-state index contributed by atoms with van der Waals surface area (Å²) in [7, 11) is 3.92. The number of carbonyl (C=O) groups excluding carboxylic acids is 1. The predicted octanol–water partition coefficient (Wildman–Crippen LogP) is 3.73. The number of amides is 1. The number of aryl methyl sites for hydroxylation is 1. The van der Waals surface area contributed by atoms with Crippen molar-refractivity contribution in [1.82, 2.24) is 4.90 Å². The predicted molar refractivity (Wildman–Crippen MR) is 108 cm³/mol. The van der Waals surface area contributed by atoms with E-state index in [0.29, 0.717) is 11.4 Å². The van der Waals surface area contributed by atoms with E-state index >= 15 is 0 Å². The summed E-state index contributed by atoms with van der Waals surface area (Å²) >= 11 is 0. The van der Waals surface area contributed by atoms with Gasteiger partial charge in [-0.2, -0.15) is 0 Å². The van der Waals surface area contributed by atoms with Crippen molar-refractivity contribution < 1.29 is 4.79 Å². The molecule has 1 saturated heterocycles. The van der Waals surface area contributed by atoms with Crippen LogP contribution in [0.1, 0.15) is 34.3 Å². The summed E-state index contributed by atoms with van der Waals surface area (Å²) in [5, 5.41) is 11.3. The van der Waals surface area contributed by atoms with Crippen LogP contribution in [0.3, 0.4) is 0 Å². The number of rotatable bonds is 4. The smallest absolute Gasteiger partial charge is 0.255 e. The lowest BCUT2D eigenvalue weighted by molar-refractivity contribution is 0.102. The van der Waals surface area contributed by atoms with Gasteiger partial charge in [0.05, 0.1) is 11.4 Å². The summed E-state index contributed by atoms with van der Waals surface area (Å²) < 4.78 is 0. The van der Waals surface area contributed by atoms with E-state index < -0.39 is 0 Å². The molecule has 0 aromatic heterocycles. The van der Waals surface area contributed by atoms with Crippen LogP contribution in [0.15, 0.2) is 42.5 Å². The molecule has 0 aliphatic carbocycles. The molecule has 2 aromatic rings. The molecule has 0 atom stereocenters. The Morgan fingerprint density at radius 2 is 1.65 bits per heavy atom. The molecule has 0 unspecified atom stereocenters. The lowest BCUT2D eigenvalue weighted by Gasteiger charge is -2.19. The average Bonchev–Trinajstić information content (AvgIpc) is 3.17. The monoisotopic (exact) mass is 350 g/mol. The summed E-state index contributed by atoms with van der Waals surface area (Å²) in [5.41, 5.74) is 4.36. The van der Waals surface area contributed by atoms with Crippen LogP contribution in [-0.4, -0.2) is 43.8 Å². The largest absolute Gasteiger partial charge is 0.376 e. The first-order valence-corrected chi connectivity index (χ1v) is 8.99. The van der Waals surface area contributed by atoms with Crippen LogP contribution >= 0.6 is 0 Å². The van der Waals surface area contributed by atoms with E-state index in [9.17, 15) is 4.79 Å². The van der Waals surface area contributed by atoms with Gasteiger partial charge in [-0.25, -0.2) is 0 Å². The third-order valence-electron chi connectivity index (χ3n) is 4.73. The maximum absolute atomic E-state index is 12.6. The molecule has 3 rings (SSSR count). The molecular weight excluding hydrogens is 324 g/mol. The summed E-state index contributed by atoms with van der Waals surface area (Å²) in [6.07, 6.45) is 2.29. The minimum atomic E-state index is -0.142. The Kier molecular flexibility index (Phi) is 5.26. The van der Waals surface area contributed by atoms with Gasteiger partial charge < -0.3 is 15.1 Å². The van der Waals surface area contributed by atoms with E-state index in [0.717, 1.165) is 48.4 Å². The van der Waals surface area contributed by atoms with Gasteiger partial charge in [0.1, 0.15) is 5.84 Å². The van der Waals surface area contributed by atoms with E-state index in [-0.39, 0.29) is 5.91 Å². The van der Waals surface area contributed by atoms with Crippen molar-refractivity contribution in [3.63, 3.8) is 0 Å². The van der Waals surface area contributed by atoms with Gasteiger partial charge in [-0.1, -0.05) is 18.2 Å². The molecule has 2 aromatic carbocycles. The van der Waals surface area contributed by atoms with Gasteiger partial charge in [-0.3, -0.25) is 10.2 Å². The Labute approximate surface area is 155 Å². The minimum Gasteiger partial charge on any atom is -0.376 e. The number of nitrogens with one attached hydrogen (secondary N) is 2. The van der Waals surface area contributed by atoms with Crippen LogP contribution in [0, 0.1) is 12.3 Å². The molecule has 1 fully saturated rings. The highest BCUT2D eigenvalue weighted by Gasteiger charge is 2.17. The molecule has 1 aliphatic heterocycles. The molecule has 0 radical (unpaired) electrons. The molecular formula is C21H26N4O. The van der Waals surface area contributed by atoms with Crippen LogP contribution < -0.4 is 10.2 Å². The SMILES string of the molecule is Cc1ccc(NC(=O)c2ccc(C(=N)N3CCCC3)cc2)c(N(C)C)c1. The molecule has 0 spiro atoms. The third-order valence-corrected chi connectivity index (χ3v) is 4.73. The van der Waals surface area contributed by atoms with E-state index in [1.165, 1.54) is 0 Å². The number of benzene rings is 2. The molecule has 1 aliphatic rings. The Morgan fingerprint density at radius 3 is 2.27 bits per heavy atom. The van der Waals surface area contributed by atoms with E-state index in [4.69, 9.17) is 5.41 Å². The fourth-order valence-corrected chi connectivity index (χ4v) is 3.21. The molecule has 2 N–H and O–H groups in total. The maximum atomic E-state index is 12.6. The van der Waals surface area contributed by atoms with Gasteiger partial charge in [-0.15, -0.1) is 0 Å². The number of nitrogens with zero attached hydrogens (tertiary/aromatic N) is 2. The van der Waals surface area contributed by atoms with Crippen LogP contribution in [0.4, 0.5) is 11.4 Å². The third kappa shape index (κ3) is 3.87. The van der Waals surface area contributed by atoms with Gasteiger partial charge in [0, 0.05) is 38.3 Å². The minimum absolute atomic E-state index is 0.142. The summed E-state index contributed by atoms with van der Waals surface area (Å²) in [6.45, 7) is 3.93. The number of hydrogen-bond acceptors (Lipinski definition) is 3. The van der Waals surface area contributed by atoms with E-state index in [1.54, 1.807) is 12.1 Å². The molecule has 1 amide bonds.